The number of hydrogen-bond acceptors (Lipinski definition) is 2. The van der Waals surface area contributed by atoms with Crippen molar-refractivity contribution >= 4 is 0 Å². The van der Waals surface area contributed by atoms with E-state index in [1.807, 2.05) is 0 Å². The van der Waals surface area contributed by atoms with E-state index in [2.05, 4.69) is 43.9 Å². The standard InChI is InChI=1S/C21H32FNO/c1-4-15(2)12-18-14-23-10-7-17-11-16(3)5-6-19(17)20(23)13-21(18,24)8-9-22/h5-6,11,15,18,20,24H,4,7-10,12-14H2,1-3H3/t15?,18-,20-,21-/m1/s1. The minimum atomic E-state index is -0.862. The molecule has 24 heavy (non-hydrogen) atoms. The van der Waals surface area contributed by atoms with E-state index in [4.69, 9.17) is 0 Å². The summed E-state index contributed by atoms with van der Waals surface area (Å²) in [6, 6.07) is 6.93. The fourth-order valence-corrected chi connectivity index (χ4v) is 4.72. The Labute approximate surface area is 146 Å². The molecule has 0 spiro atoms. The van der Waals surface area contributed by atoms with E-state index in [-0.39, 0.29) is 18.4 Å². The average Bonchev–Trinajstić information content (AvgIpc) is 2.55. The van der Waals surface area contributed by atoms with Crippen LogP contribution in [0.2, 0.25) is 0 Å². The molecular weight excluding hydrogens is 301 g/mol. The van der Waals surface area contributed by atoms with Crippen LogP contribution in [0.15, 0.2) is 18.2 Å². The highest BCUT2D eigenvalue weighted by Gasteiger charge is 2.47. The molecule has 1 N–H and O–H groups in total. The third-order valence-corrected chi connectivity index (χ3v) is 6.44. The summed E-state index contributed by atoms with van der Waals surface area (Å²) in [6.45, 7) is 8.11. The third kappa shape index (κ3) is 3.39. The zero-order valence-electron chi connectivity index (χ0n) is 15.4. The second-order valence-electron chi connectivity index (χ2n) is 8.16. The Bertz CT molecular complexity index is 575. The monoisotopic (exact) mass is 333 g/mol. The van der Waals surface area contributed by atoms with Gasteiger partial charge in [-0.25, -0.2) is 0 Å². The molecule has 4 atom stereocenters. The molecule has 0 aromatic heterocycles. The minimum absolute atomic E-state index is 0.187. The van der Waals surface area contributed by atoms with E-state index in [0.717, 1.165) is 32.4 Å². The molecule has 0 saturated carbocycles. The van der Waals surface area contributed by atoms with Gasteiger partial charge in [0.05, 0.1) is 12.3 Å². The number of piperidine rings is 1. The van der Waals surface area contributed by atoms with Crippen LogP contribution in [0.4, 0.5) is 4.39 Å². The van der Waals surface area contributed by atoms with Gasteiger partial charge >= 0.3 is 0 Å². The van der Waals surface area contributed by atoms with Gasteiger partial charge in [-0.05, 0) is 43.2 Å². The fraction of sp³-hybridized carbons (Fsp3) is 0.714. The van der Waals surface area contributed by atoms with Gasteiger partial charge in [-0.1, -0.05) is 44.0 Å². The second kappa shape index (κ2) is 7.13. The van der Waals surface area contributed by atoms with Crippen molar-refractivity contribution in [1.29, 1.82) is 0 Å². The van der Waals surface area contributed by atoms with Crippen molar-refractivity contribution in [2.75, 3.05) is 19.8 Å². The zero-order valence-corrected chi connectivity index (χ0v) is 15.4. The van der Waals surface area contributed by atoms with Crippen LogP contribution >= 0.6 is 0 Å². The highest BCUT2D eigenvalue weighted by molar-refractivity contribution is 5.36. The minimum Gasteiger partial charge on any atom is -0.389 e. The molecule has 1 aromatic carbocycles. The van der Waals surface area contributed by atoms with Crippen LogP contribution in [-0.4, -0.2) is 35.4 Å². The van der Waals surface area contributed by atoms with Crippen molar-refractivity contribution in [2.24, 2.45) is 11.8 Å². The molecule has 2 nitrogen and oxygen atoms in total. The maximum atomic E-state index is 13.2. The molecule has 1 unspecified atom stereocenters. The van der Waals surface area contributed by atoms with Crippen LogP contribution in [0.3, 0.4) is 0 Å². The zero-order chi connectivity index (χ0) is 17.3. The van der Waals surface area contributed by atoms with Gasteiger partial charge in [-0.3, -0.25) is 9.29 Å². The van der Waals surface area contributed by atoms with Gasteiger partial charge in [-0.15, -0.1) is 0 Å². The first-order valence-corrected chi connectivity index (χ1v) is 9.58. The van der Waals surface area contributed by atoms with E-state index in [0.29, 0.717) is 12.3 Å². The van der Waals surface area contributed by atoms with Gasteiger partial charge in [0.2, 0.25) is 0 Å². The Kier molecular flexibility index (Phi) is 5.31. The van der Waals surface area contributed by atoms with E-state index in [9.17, 15) is 9.50 Å². The van der Waals surface area contributed by atoms with E-state index < -0.39 is 12.3 Å². The number of benzene rings is 1. The Balaban J connectivity index is 1.87. The Hall–Kier alpha value is -0.930. The Morgan fingerprint density at radius 1 is 1.42 bits per heavy atom. The van der Waals surface area contributed by atoms with Gasteiger partial charge in [0.15, 0.2) is 0 Å². The van der Waals surface area contributed by atoms with Crippen molar-refractivity contribution in [3.8, 4) is 0 Å². The van der Waals surface area contributed by atoms with Crippen molar-refractivity contribution in [3.05, 3.63) is 34.9 Å². The highest BCUT2D eigenvalue weighted by Crippen LogP contribution is 2.46. The van der Waals surface area contributed by atoms with Crippen molar-refractivity contribution in [3.63, 3.8) is 0 Å². The molecule has 3 rings (SSSR count). The molecule has 0 aliphatic carbocycles. The summed E-state index contributed by atoms with van der Waals surface area (Å²) in [5, 5.41) is 11.3. The molecule has 0 bridgehead atoms. The SMILES string of the molecule is CCC(C)C[C@@H]1CN2CCc3cc(C)ccc3[C@H]2C[C@]1(O)CCF. The number of alkyl halides is 1. The van der Waals surface area contributed by atoms with Crippen LogP contribution in [0.5, 0.6) is 0 Å². The molecule has 1 aromatic rings. The van der Waals surface area contributed by atoms with Crippen LogP contribution in [0, 0.1) is 18.8 Å². The predicted octanol–water partition coefficient (Wildman–Crippen LogP) is 4.44. The second-order valence-corrected chi connectivity index (χ2v) is 8.16. The highest BCUT2D eigenvalue weighted by atomic mass is 19.1. The lowest BCUT2D eigenvalue weighted by molar-refractivity contribution is -0.111. The van der Waals surface area contributed by atoms with Gasteiger partial charge in [0.1, 0.15) is 0 Å². The number of aliphatic hydroxyl groups is 1. The molecule has 0 radical (unpaired) electrons. The molecule has 1 saturated heterocycles. The topological polar surface area (TPSA) is 23.5 Å². The molecule has 2 aliphatic rings. The summed E-state index contributed by atoms with van der Waals surface area (Å²) in [7, 11) is 0. The number of halogens is 1. The number of fused-ring (bicyclic) bond motifs is 3. The molecule has 0 amide bonds. The molecule has 2 aliphatic heterocycles. The maximum Gasteiger partial charge on any atom is 0.0922 e. The summed E-state index contributed by atoms with van der Waals surface area (Å²) < 4.78 is 13.2. The first-order valence-electron chi connectivity index (χ1n) is 9.58. The average molecular weight is 333 g/mol. The first kappa shape index (κ1) is 17.9. The number of nitrogens with zero attached hydrogens (tertiary/aromatic N) is 1. The van der Waals surface area contributed by atoms with E-state index in [1.54, 1.807) is 0 Å². The molecule has 1 fully saturated rings. The van der Waals surface area contributed by atoms with E-state index >= 15 is 0 Å². The van der Waals surface area contributed by atoms with Gasteiger partial charge in [-0.2, -0.15) is 0 Å². The summed E-state index contributed by atoms with van der Waals surface area (Å²) in [5.41, 5.74) is 3.20. The lowest BCUT2D eigenvalue weighted by Gasteiger charge is -2.52. The fourth-order valence-electron chi connectivity index (χ4n) is 4.72. The van der Waals surface area contributed by atoms with Crippen molar-refractivity contribution < 1.29 is 9.50 Å². The molecule has 2 heterocycles. The predicted molar refractivity (Wildman–Crippen MR) is 96.9 cm³/mol. The van der Waals surface area contributed by atoms with Crippen LogP contribution < -0.4 is 0 Å². The van der Waals surface area contributed by atoms with Crippen LogP contribution in [0.25, 0.3) is 0 Å². The smallest absolute Gasteiger partial charge is 0.0922 e. The quantitative estimate of drug-likeness (QED) is 0.861. The Morgan fingerprint density at radius 3 is 2.92 bits per heavy atom. The maximum absolute atomic E-state index is 13.2. The van der Waals surface area contributed by atoms with Gasteiger partial charge in [0.25, 0.3) is 0 Å². The first-order chi connectivity index (χ1) is 11.5. The molecular formula is C21H32FNO. The molecule has 3 heteroatoms. The summed E-state index contributed by atoms with van der Waals surface area (Å²) >= 11 is 0. The number of hydrogen-bond donors (Lipinski definition) is 1. The van der Waals surface area contributed by atoms with Crippen LogP contribution in [-0.2, 0) is 6.42 Å². The van der Waals surface area contributed by atoms with Crippen molar-refractivity contribution in [2.45, 2.75) is 64.5 Å². The lowest BCUT2D eigenvalue weighted by Crippen LogP contribution is -2.55. The number of aryl methyl sites for hydroxylation is 1. The summed E-state index contributed by atoms with van der Waals surface area (Å²) in [4.78, 5) is 2.54. The van der Waals surface area contributed by atoms with Crippen LogP contribution in [0.1, 0.15) is 62.3 Å². The van der Waals surface area contributed by atoms with Crippen molar-refractivity contribution in [1.82, 2.24) is 4.90 Å². The lowest BCUT2D eigenvalue weighted by atomic mass is 9.69. The Morgan fingerprint density at radius 2 is 2.21 bits per heavy atom. The largest absolute Gasteiger partial charge is 0.389 e. The summed E-state index contributed by atoms with van der Waals surface area (Å²) in [5.74, 6) is 0.767. The van der Waals surface area contributed by atoms with Gasteiger partial charge in [0, 0.05) is 31.5 Å². The normalized spacial score (nSPS) is 31.4. The number of rotatable bonds is 5. The van der Waals surface area contributed by atoms with E-state index in [1.165, 1.54) is 16.7 Å². The van der Waals surface area contributed by atoms with Gasteiger partial charge < -0.3 is 5.11 Å². The molecule has 134 valence electrons. The third-order valence-electron chi connectivity index (χ3n) is 6.44. The summed E-state index contributed by atoms with van der Waals surface area (Å²) in [6.07, 6.45) is 4.16.